The lowest BCUT2D eigenvalue weighted by atomic mass is 10.0. The third kappa shape index (κ3) is 2.17. The summed E-state index contributed by atoms with van der Waals surface area (Å²) in [7, 11) is -0.148. The Bertz CT molecular complexity index is 448. The molecule has 0 fully saturated rings. The average molecular weight is 212 g/mol. The average Bonchev–Trinajstić information content (AvgIpc) is 2.30. The highest BCUT2D eigenvalue weighted by Crippen LogP contribution is 2.17. The molecule has 0 bridgehead atoms. The molecule has 0 unspecified atom stereocenters. The van der Waals surface area contributed by atoms with E-state index in [2.05, 4.69) is 31.2 Å². The van der Waals surface area contributed by atoms with Crippen molar-refractivity contribution < 1.29 is 4.80 Å². The van der Waals surface area contributed by atoms with E-state index >= 15 is 0 Å². The van der Waals surface area contributed by atoms with Gasteiger partial charge in [-0.1, -0.05) is 54.1 Å². The Balaban J connectivity index is 2.49. The van der Waals surface area contributed by atoms with E-state index < -0.39 is 0 Å². The van der Waals surface area contributed by atoms with Crippen LogP contribution in [0.4, 0.5) is 0 Å². The smallest absolute Gasteiger partial charge is 0.266 e. The maximum atomic E-state index is 9.26. The SMILES string of the molecule is Cc1ccc(-c2ccccc2[Si]O)cc1. The minimum atomic E-state index is -0.148. The molecule has 0 aliphatic heterocycles. The summed E-state index contributed by atoms with van der Waals surface area (Å²) >= 11 is 0. The molecule has 2 heteroatoms. The van der Waals surface area contributed by atoms with Gasteiger partial charge in [-0.15, -0.1) is 0 Å². The van der Waals surface area contributed by atoms with Crippen LogP contribution < -0.4 is 5.19 Å². The van der Waals surface area contributed by atoms with E-state index in [1.165, 1.54) is 5.56 Å². The summed E-state index contributed by atoms with van der Waals surface area (Å²) < 4.78 is 0. The number of hydrogen-bond acceptors (Lipinski definition) is 1. The molecule has 1 N–H and O–H groups in total. The summed E-state index contributed by atoms with van der Waals surface area (Å²) in [5, 5.41) is 1.00. The van der Waals surface area contributed by atoms with E-state index in [1.54, 1.807) is 0 Å². The molecule has 0 spiro atoms. The van der Waals surface area contributed by atoms with E-state index in [0.29, 0.717) is 0 Å². The van der Waals surface area contributed by atoms with Crippen LogP contribution in [0.15, 0.2) is 48.5 Å². The molecule has 0 aliphatic carbocycles. The Morgan fingerprint density at radius 3 is 2.27 bits per heavy atom. The van der Waals surface area contributed by atoms with Gasteiger partial charge in [-0.3, -0.25) is 0 Å². The van der Waals surface area contributed by atoms with Gasteiger partial charge < -0.3 is 4.80 Å². The van der Waals surface area contributed by atoms with E-state index in [1.807, 2.05) is 24.3 Å². The Kier molecular flexibility index (Phi) is 2.99. The van der Waals surface area contributed by atoms with Gasteiger partial charge in [0, 0.05) is 0 Å². The van der Waals surface area contributed by atoms with Crippen LogP contribution in [0, 0.1) is 6.92 Å². The summed E-state index contributed by atoms with van der Waals surface area (Å²) in [5.41, 5.74) is 3.54. The van der Waals surface area contributed by atoms with Crippen LogP contribution in [0.25, 0.3) is 11.1 Å². The normalized spacial score (nSPS) is 10.3. The highest BCUT2D eigenvalue weighted by atomic mass is 28.2. The minimum absolute atomic E-state index is 0.148. The second-order valence-electron chi connectivity index (χ2n) is 3.52. The van der Waals surface area contributed by atoms with Crippen molar-refractivity contribution in [1.82, 2.24) is 0 Å². The molecule has 0 saturated heterocycles. The Labute approximate surface area is 92.3 Å². The van der Waals surface area contributed by atoms with Gasteiger partial charge in [-0.05, 0) is 23.2 Å². The van der Waals surface area contributed by atoms with Crippen molar-refractivity contribution in [3.63, 3.8) is 0 Å². The summed E-state index contributed by atoms with van der Waals surface area (Å²) in [6, 6.07) is 16.3. The summed E-state index contributed by atoms with van der Waals surface area (Å²) in [5.74, 6) is 0. The van der Waals surface area contributed by atoms with Crippen molar-refractivity contribution >= 4 is 14.9 Å². The molecule has 2 radical (unpaired) electrons. The van der Waals surface area contributed by atoms with Gasteiger partial charge in [0.05, 0.1) is 0 Å². The minimum Gasteiger partial charge on any atom is -0.428 e. The Morgan fingerprint density at radius 1 is 0.933 bits per heavy atom. The Hall–Kier alpha value is -1.38. The van der Waals surface area contributed by atoms with Gasteiger partial charge in [-0.25, -0.2) is 0 Å². The first-order valence-corrected chi connectivity index (χ1v) is 5.82. The highest BCUT2D eigenvalue weighted by molar-refractivity contribution is 6.48. The quantitative estimate of drug-likeness (QED) is 0.754. The molecule has 0 heterocycles. The largest absolute Gasteiger partial charge is 0.428 e. The van der Waals surface area contributed by atoms with Crippen LogP contribution in [0.5, 0.6) is 0 Å². The number of aryl methyl sites for hydroxylation is 1. The first-order chi connectivity index (χ1) is 7.31. The molecule has 15 heavy (non-hydrogen) atoms. The summed E-state index contributed by atoms with van der Waals surface area (Å²) in [4.78, 5) is 9.26. The molecule has 0 amide bonds. The molecule has 2 rings (SSSR count). The van der Waals surface area contributed by atoms with Crippen LogP contribution in [0.1, 0.15) is 5.56 Å². The lowest BCUT2D eigenvalue weighted by Crippen LogP contribution is -2.15. The van der Waals surface area contributed by atoms with Gasteiger partial charge in [0.1, 0.15) is 0 Å². The predicted molar refractivity (Wildman–Crippen MR) is 64.2 cm³/mol. The first-order valence-electron chi connectivity index (χ1n) is 4.87. The third-order valence-corrected chi connectivity index (χ3v) is 3.09. The number of hydrogen-bond donors (Lipinski definition) is 1. The summed E-state index contributed by atoms with van der Waals surface area (Å²) in [6.45, 7) is 2.07. The lowest BCUT2D eigenvalue weighted by molar-refractivity contribution is 0.615. The second-order valence-corrected chi connectivity index (χ2v) is 4.29. The van der Waals surface area contributed by atoms with Crippen LogP contribution >= 0.6 is 0 Å². The zero-order chi connectivity index (χ0) is 10.7. The topological polar surface area (TPSA) is 20.2 Å². The second kappa shape index (κ2) is 4.42. The predicted octanol–water partition coefficient (Wildman–Crippen LogP) is 1.90. The zero-order valence-corrected chi connectivity index (χ0v) is 9.57. The van der Waals surface area contributed by atoms with Crippen molar-refractivity contribution in [3.8, 4) is 11.1 Å². The lowest BCUT2D eigenvalue weighted by Gasteiger charge is -2.06. The van der Waals surface area contributed by atoms with Gasteiger partial charge >= 0.3 is 0 Å². The molecule has 0 aromatic heterocycles. The first kappa shape index (κ1) is 10.1. The van der Waals surface area contributed by atoms with E-state index in [9.17, 15) is 4.80 Å². The Morgan fingerprint density at radius 2 is 1.60 bits per heavy atom. The maximum Gasteiger partial charge on any atom is 0.266 e. The van der Waals surface area contributed by atoms with Crippen molar-refractivity contribution in [1.29, 1.82) is 0 Å². The molecule has 0 atom stereocenters. The molecule has 0 saturated carbocycles. The molecular weight excluding hydrogens is 200 g/mol. The van der Waals surface area contributed by atoms with Gasteiger partial charge in [0.25, 0.3) is 9.76 Å². The van der Waals surface area contributed by atoms with Crippen LogP contribution in [-0.4, -0.2) is 14.6 Å². The summed E-state index contributed by atoms with van der Waals surface area (Å²) in [6.07, 6.45) is 0. The third-order valence-electron chi connectivity index (χ3n) is 2.41. The van der Waals surface area contributed by atoms with Gasteiger partial charge in [0.2, 0.25) is 0 Å². The zero-order valence-electron chi connectivity index (χ0n) is 8.57. The molecule has 1 nitrogen and oxygen atoms in total. The van der Waals surface area contributed by atoms with Crippen LogP contribution in [0.2, 0.25) is 0 Å². The van der Waals surface area contributed by atoms with Crippen molar-refractivity contribution in [2.24, 2.45) is 0 Å². The molecule has 74 valence electrons. The fourth-order valence-electron chi connectivity index (χ4n) is 1.57. The number of rotatable bonds is 2. The van der Waals surface area contributed by atoms with Gasteiger partial charge in [-0.2, -0.15) is 0 Å². The monoisotopic (exact) mass is 212 g/mol. The van der Waals surface area contributed by atoms with E-state index in [0.717, 1.165) is 16.3 Å². The fourth-order valence-corrected chi connectivity index (χ4v) is 2.08. The molecule has 2 aromatic rings. The maximum absolute atomic E-state index is 9.26. The van der Waals surface area contributed by atoms with Crippen molar-refractivity contribution in [3.05, 3.63) is 54.1 Å². The van der Waals surface area contributed by atoms with Crippen molar-refractivity contribution in [2.75, 3.05) is 0 Å². The van der Waals surface area contributed by atoms with Crippen LogP contribution in [-0.2, 0) is 0 Å². The highest BCUT2D eigenvalue weighted by Gasteiger charge is 2.03. The van der Waals surface area contributed by atoms with E-state index in [4.69, 9.17) is 0 Å². The molecule has 2 aromatic carbocycles. The van der Waals surface area contributed by atoms with Crippen LogP contribution in [0.3, 0.4) is 0 Å². The fraction of sp³-hybridized carbons (Fsp3) is 0.0769. The van der Waals surface area contributed by atoms with Crippen molar-refractivity contribution in [2.45, 2.75) is 6.92 Å². The molecule has 0 aliphatic rings. The molecular formula is C13H12OSi. The van der Waals surface area contributed by atoms with Gasteiger partial charge in [0.15, 0.2) is 0 Å². The number of benzene rings is 2. The van der Waals surface area contributed by atoms with E-state index in [-0.39, 0.29) is 9.76 Å². The standard InChI is InChI=1S/C13H12OSi/c1-10-6-8-11(9-7-10)12-4-2-3-5-13(12)15-14/h2-9,14H,1H3.